The monoisotopic (exact) mass is 193 g/mol. The summed E-state index contributed by atoms with van der Waals surface area (Å²) in [4.78, 5) is 0. The molecule has 1 rings (SSSR count). The molecule has 2 nitrogen and oxygen atoms in total. The molecule has 0 amide bonds. The van der Waals surface area contributed by atoms with E-state index in [1.807, 2.05) is 0 Å². The molecule has 0 spiro atoms. The van der Waals surface area contributed by atoms with E-state index in [-0.39, 0.29) is 24.6 Å². The van der Waals surface area contributed by atoms with Crippen molar-refractivity contribution in [2.75, 3.05) is 6.61 Å². The van der Waals surface area contributed by atoms with Crippen molar-refractivity contribution in [3.63, 3.8) is 0 Å². The molecule has 0 aromatic carbocycles. The maximum atomic E-state index is 9.00. The minimum atomic E-state index is -0.268. The van der Waals surface area contributed by atoms with E-state index in [1.54, 1.807) is 0 Å². The maximum Gasteiger partial charge on any atom is 0.0611 e. The smallest absolute Gasteiger partial charge is 0.0611 e. The van der Waals surface area contributed by atoms with Crippen LogP contribution in [-0.4, -0.2) is 17.3 Å². The van der Waals surface area contributed by atoms with E-state index in [0.29, 0.717) is 5.41 Å². The molecule has 1 aliphatic carbocycles. The van der Waals surface area contributed by atoms with E-state index >= 15 is 0 Å². The minimum Gasteiger partial charge on any atom is -0.394 e. The lowest BCUT2D eigenvalue weighted by molar-refractivity contribution is 0.105. The second-order valence-electron chi connectivity index (χ2n) is 4.68. The molecule has 3 N–H and O–H groups in total. The van der Waals surface area contributed by atoms with Gasteiger partial charge in [-0.25, -0.2) is 0 Å². The van der Waals surface area contributed by atoms with E-state index in [2.05, 4.69) is 13.8 Å². The predicted molar refractivity (Wildman–Crippen MR) is 53.5 cm³/mol. The summed E-state index contributed by atoms with van der Waals surface area (Å²) in [6.07, 6.45) is 4.22. The highest BCUT2D eigenvalue weighted by Crippen LogP contribution is 2.38. The largest absolute Gasteiger partial charge is 0.394 e. The van der Waals surface area contributed by atoms with Crippen LogP contribution in [0.2, 0.25) is 0 Å². The lowest BCUT2D eigenvalue weighted by atomic mass is 9.70. The maximum absolute atomic E-state index is 9.00. The van der Waals surface area contributed by atoms with Crippen LogP contribution in [0.3, 0.4) is 0 Å². The molecule has 0 heterocycles. The van der Waals surface area contributed by atoms with Crippen molar-refractivity contribution in [3.05, 3.63) is 0 Å². The Hall–Kier alpha value is 0.210. The van der Waals surface area contributed by atoms with E-state index in [4.69, 9.17) is 10.8 Å². The summed E-state index contributed by atoms with van der Waals surface area (Å²) >= 11 is 0. The molecule has 3 heteroatoms. The van der Waals surface area contributed by atoms with Crippen LogP contribution in [0.5, 0.6) is 0 Å². The van der Waals surface area contributed by atoms with Crippen LogP contribution >= 0.6 is 12.4 Å². The number of rotatable bonds is 1. The molecule has 0 aromatic heterocycles. The zero-order valence-electron chi connectivity index (χ0n) is 7.97. The Balaban J connectivity index is 0.00000121. The number of aliphatic hydroxyl groups is 1. The summed E-state index contributed by atoms with van der Waals surface area (Å²) in [7, 11) is 0. The molecule has 12 heavy (non-hydrogen) atoms. The molecule has 74 valence electrons. The average Bonchev–Trinajstić information content (AvgIpc) is 1.97. The van der Waals surface area contributed by atoms with Crippen LogP contribution in [0.1, 0.15) is 39.5 Å². The molecule has 0 radical (unpaired) electrons. The molecule has 1 aliphatic rings. The Labute approximate surface area is 80.9 Å². The van der Waals surface area contributed by atoms with Gasteiger partial charge in [-0.1, -0.05) is 13.8 Å². The highest BCUT2D eigenvalue weighted by Gasteiger charge is 2.34. The first-order valence-electron chi connectivity index (χ1n) is 4.37. The number of hydrogen-bond donors (Lipinski definition) is 2. The summed E-state index contributed by atoms with van der Waals surface area (Å²) in [5, 5.41) is 9.00. The second kappa shape index (κ2) is 3.95. The molecule has 0 aliphatic heterocycles. The second-order valence-corrected chi connectivity index (χ2v) is 4.68. The Morgan fingerprint density at radius 1 is 1.17 bits per heavy atom. The topological polar surface area (TPSA) is 46.2 Å². The molecular formula is C9H20ClNO. The Kier molecular flexibility index (Phi) is 4.01. The standard InChI is InChI=1S/C9H19NO.ClH/c1-8(2)3-5-9(10,7-11)6-4-8;/h11H,3-7,10H2,1-2H3;1H. The zero-order chi connectivity index (χ0) is 8.54. The fourth-order valence-corrected chi connectivity index (χ4v) is 1.58. The summed E-state index contributed by atoms with van der Waals surface area (Å²) < 4.78 is 0. The third-order valence-electron chi connectivity index (χ3n) is 2.91. The van der Waals surface area contributed by atoms with E-state index < -0.39 is 0 Å². The minimum absolute atomic E-state index is 0. The molecule has 0 unspecified atom stereocenters. The first-order valence-corrected chi connectivity index (χ1v) is 4.37. The molecule has 0 bridgehead atoms. The van der Waals surface area contributed by atoms with Crippen molar-refractivity contribution < 1.29 is 5.11 Å². The van der Waals surface area contributed by atoms with E-state index in [9.17, 15) is 0 Å². The van der Waals surface area contributed by atoms with Crippen molar-refractivity contribution in [2.45, 2.75) is 45.1 Å². The third kappa shape index (κ3) is 2.92. The normalized spacial score (nSPS) is 26.0. The van der Waals surface area contributed by atoms with Gasteiger partial charge in [0.2, 0.25) is 0 Å². The van der Waals surface area contributed by atoms with Gasteiger partial charge in [-0.3, -0.25) is 0 Å². The summed E-state index contributed by atoms with van der Waals surface area (Å²) in [5.41, 5.74) is 6.10. The highest BCUT2D eigenvalue weighted by molar-refractivity contribution is 5.85. The first kappa shape index (κ1) is 12.2. The molecule has 0 saturated heterocycles. The molecule has 0 aromatic rings. The predicted octanol–water partition coefficient (Wildman–Crippen LogP) is 1.70. The van der Waals surface area contributed by atoms with Crippen LogP contribution in [0.4, 0.5) is 0 Å². The average molecular weight is 194 g/mol. The quantitative estimate of drug-likeness (QED) is 0.666. The number of nitrogens with two attached hydrogens (primary N) is 1. The Bertz CT molecular complexity index is 137. The van der Waals surface area contributed by atoms with Gasteiger partial charge in [-0.05, 0) is 31.1 Å². The van der Waals surface area contributed by atoms with Crippen LogP contribution in [0.25, 0.3) is 0 Å². The first-order chi connectivity index (χ1) is 4.97. The number of halogens is 1. The number of aliphatic hydroxyl groups excluding tert-OH is 1. The van der Waals surface area contributed by atoms with Gasteiger partial charge in [0.15, 0.2) is 0 Å². The lowest BCUT2D eigenvalue weighted by Crippen LogP contribution is -2.48. The van der Waals surface area contributed by atoms with Gasteiger partial charge < -0.3 is 10.8 Å². The van der Waals surface area contributed by atoms with Crippen molar-refractivity contribution in [3.8, 4) is 0 Å². The van der Waals surface area contributed by atoms with Gasteiger partial charge in [-0.15, -0.1) is 12.4 Å². The van der Waals surface area contributed by atoms with Gasteiger partial charge in [-0.2, -0.15) is 0 Å². The van der Waals surface area contributed by atoms with Crippen molar-refractivity contribution in [2.24, 2.45) is 11.1 Å². The van der Waals surface area contributed by atoms with Crippen LogP contribution in [0.15, 0.2) is 0 Å². The van der Waals surface area contributed by atoms with Gasteiger partial charge in [0.1, 0.15) is 0 Å². The highest BCUT2D eigenvalue weighted by atomic mass is 35.5. The fraction of sp³-hybridized carbons (Fsp3) is 1.00. The van der Waals surface area contributed by atoms with Crippen molar-refractivity contribution >= 4 is 12.4 Å². The van der Waals surface area contributed by atoms with Gasteiger partial charge in [0.25, 0.3) is 0 Å². The van der Waals surface area contributed by atoms with Crippen molar-refractivity contribution in [1.29, 1.82) is 0 Å². The van der Waals surface area contributed by atoms with Crippen LogP contribution in [0, 0.1) is 5.41 Å². The SMILES string of the molecule is CC1(C)CCC(N)(CO)CC1.Cl. The molecular weight excluding hydrogens is 174 g/mol. The van der Waals surface area contributed by atoms with E-state index in [0.717, 1.165) is 25.7 Å². The number of hydrogen-bond acceptors (Lipinski definition) is 2. The van der Waals surface area contributed by atoms with Crippen LogP contribution in [-0.2, 0) is 0 Å². The summed E-state index contributed by atoms with van der Waals surface area (Å²) in [6, 6.07) is 0. The summed E-state index contributed by atoms with van der Waals surface area (Å²) in [5.74, 6) is 0. The molecule has 1 fully saturated rings. The van der Waals surface area contributed by atoms with Crippen molar-refractivity contribution in [1.82, 2.24) is 0 Å². The van der Waals surface area contributed by atoms with E-state index in [1.165, 1.54) is 0 Å². The Morgan fingerprint density at radius 3 is 1.92 bits per heavy atom. The summed E-state index contributed by atoms with van der Waals surface area (Å²) in [6.45, 7) is 4.68. The lowest BCUT2D eigenvalue weighted by Gasteiger charge is -2.40. The molecule has 0 atom stereocenters. The Morgan fingerprint density at radius 2 is 1.58 bits per heavy atom. The third-order valence-corrected chi connectivity index (χ3v) is 2.91. The van der Waals surface area contributed by atoms with Gasteiger partial charge >= 0.3 is 0 Å². The van der Waals surface area contributed by atoms with Crippen LogP contribution < -0.4 is 5.73 Å². The molecule has 1 saturated carbocycles. The fourth-order valence-electron chi connectivity index (χ4n) is 1.58. The van der Waals surface area contributed by atoms with Gasteiger partial charge in [0, 0.05) is 5.54 Å². The van der Waals surface area contributed by atoms with Gasteiger partial charge in [0.05, 0.1) is 6.61 Å². The zero-order valence-corrected chi connectivity index (χ0v) is 8.78.